The molecule has 0 bridgehead atoms. The Morgan fingerprint density at radius 1 is 1.42 bits per heavy atom. The third-order valence-corrected chi connectivity index (χ3v) is 5.52. The molecular weight excluding hydrogens is 236 g/mol. The molecule has 0 amide bonds. The summed E-state index contributed by atoms with van der Waals surface area (Å²) in [5.74, 6) is 1.52. The van der Waals surface area contributed by atoms with Crippen LogP contribution in [-0.2, 0) is 4.74 Å². The second kappa shape index (κ2) is 6.55. The molecule has 2 saturated heterocycles. The Morgan fingerprint density at radius 3 is 2.79 bits per heavy atom. The van der Waals surface area contributed by atoms with Crippen LogP contribution in [0.2, 0.25) is 0 Å². The van der Waals surface area contributed by atoms with Gasteiger partial charge >= 0.3 is 0 Å². The van der Waals surface area contributed by atoms with Crippen molar-refractivity contribution >= 4 is 0 Å². The summed E-state index contributed by atoms with van der Waals surface area (Å²) in [6.45, 7) is 14.9. The van der Waals surface area contributed by atoms with Crippen molar-refractivity contribution in [3.63, 3.8) is 0 Å². The van der Waals surface area contributed by atoms with Crippen LogP contribution >= 0.6 is 0 Å². The fourth-order valence-corrected chi connectivity index (χ4v) is 3.33. The largest absolute Gasteiger partial charge is 0.381 e. The van der Waals surface area contributed by atoms with Crippen LogP contribution in [-0.4, -0.2) is 49.3 Å². The molecule has 2 heterocycles. The lowest BCUT2D eigenvalue weighted by Gasteiger charge is -2.50. The first-order valence-electron chi connectivity index (χ1n) is 8.15. The highest BCUT2D eigenvalue weighted by atomic mass is 16.5. The van der Waals surface area contributed by atoms with Crippen LogP contribution in [0.3, 0.4) is 0 Å². The fraction of sp³-hybridized carbons (Fsp3) is 1.00. The molecule has 0 aromatic heterocycles. The van der Waals surface area contributed by atoms with E-state index in [-0.39, 0.29) is 0 Å². The Kier molecular flexibility index (Phi) is 5.27. The van der Waals surface area contributed by atoms with Crippen molar-refractivity contribution in [1.29, 1.82) is 0 Å². The van der Waals surface area contributed by atoms with Crippen LogP contribution in [0.15, 0.2) is 0 Å². The van der Waals surface area contributed by atoms with Crippen LogP contribution in [0.1, 0.15) is 47.0 Å². The average molecular weight is 268 g/mol. The van der Waals surface area contributed by atoms with Gasteiger partial charge in [0.1, 0.15) is 0 Å². The SMILES string of the molecule is CCC(C)C1CN(CC2CCOC2)C(C)(CC)CN1. The van der Waals surface area contributed by atoms with Gasteiger partial charge in [0.05, 0.1) is 6.61 Å². The van der Waals surface area contributed by atoms with Crippen LogP contribution in [0, 0.1) is 11.8 Å². The molecule has 2 rings (SSSR count). The first kappa shape index (κ1) is 15.3. The van der Waals surface area contributed by atoms with Gasteiger partial charge in [-0.1, -0.05) is 27.2 Å². The van der Waals surface area contributed by atoms with Gasteiger partial charge in [-0.3, -0.25) is 4.90 Å². The normalized spacial score (nSPS) is 38.5. The van der Waals surface area contributed by atoms with Gasteiger partial charge in [0, 0.05) is 37.8 Å². The second-order valence-corrected chi connectivity index (χ2v) is 6.86. The molecule has 2 aliphatic rings. The summed E-state index contributed by atoms with van der Waals surface area (Å²) in [6.07, 6.45) is 3.74. The molecule has 0 spiro atoms. The zero-order chi connectivity index (χ0) is 13.9. The quantitative estimate of drug-likeness (QED) is 0.829. The molecule has 2 aliphatic heterocycles. The van der Waals surface area contributed by atoms with E-state index in [0.717, 1.165) is 31.6 Å². The maximum atomic E-state index is 5.55. The Balaban J connectivity index is 1.99. The first-order chi connectivity index (χ1) is 9.09. The Bertz CT molecular complexity index is 278. The van der Waals surface area contributed by atoms with Crippen molar-refractivity contribution in [3.05, 3.63) is 0 Å². The lowest BCUT2D eigenvalue weighted by molar-refractivity contribution is 0.0219. The predicted octanol–water partition coefficient (Wildman–Crippen LogP) is 2.51. The maximum Gasteiger partial charge on any atom is 0.0507 e. The van der Waals surface area contributed by atoms with Crippen molar-refractivity contribution < 1.29 is 4.74 Å². The summed E-state index contributed by atoms with van der Waals surface area (Å²) in [4.78, 5) is 2.75. The number of piperazine rings is 1. The summed E-state index contributed by atoms with van der Waals surface area (Å²) in [5, 5.41) is 3.79. The molecule has 3 heteroatoms. The zero-order valence-corrected chi connectivity index (χ0v) is 13.2. The minimum absolute atomic E-state index is 0.326. The van der Waals surface area contributed by atoms with Crippen molar-refractivity contribution in [1.82, 2.24) is 10.2 Å². The lowest BCUT2D eigenvalue weighted by atomic mass is 9.87. The lowest BCUT2D eigenvalue weighted by Crippen LogP contribution is -2.65. The molecular formula is C16H32N2O. The van der Waals surface area contributed by atoms with Gasteiger partial charge in [0.25, 0.3) is 0 Å². The summed E-state index contributed by atoms with van der Waals surface area (Å²) >= 11 is 0. The molecule has 2 fully saturated rings. The van der Waals surface area contributed by atoms with Crippen molar-refractivity contribution in [3.8, 4) is 0 Å². The first-order valence-corrected chi connectivity index (χ1v) is 8.15. The number of nitrogens with one attached hydrogen (secondary N) is 1. The van der Waals surface area contributed by atoms with Gasteiger partial charge in [0.2, 0.25) is 0 Å². The highest BCUT2D eigenvalue weighted by Crippen LogP contribution is 2.28. The van der Waals surface area contributed by atoms with Crippen molar-refractivity contribution in [2.24, 2.45) is 11.8 Å². The number of ether oxygens (including phenoxy) is 1. The third-order valence-electron chi connectivity index (χ3n) is 5.52. The van der Waals surface area contributed by atoms with E-state index >= 15 is 0 Å². The smallest absolute Gasteiger partial charge is 0.0507 e. The minimum atomic E-state index is 0.326. The maximum absolute atomic E-state index is 5.55. The van der Waals surface area contributed by atoms with E-state index in [9.17, 15) is 0 Å². The summed E-state index contributed by atoms with van der Waals surface area (Å²) in [6, 6.07) is 0.659. The topological polar surface area (TPSA) is 24.5 Å². The van der Waals surface area contributed by atoms with Crippen LogP contribution in [0.4, 0.5) is 0 Å². The van der Waals surface area contributed by atoms with Gasteiger partial charge in [0.15, 0.2) is 0 Å². The van der Waals surface area contributed by atoms with Gasteiger partial charge in [-0.2, -0.15) is 0 Å². The van der Waals surface area contributed by atoms with E-state index in [1.807, 2.05) is 0 Å². The van der Waals surface area contributed by atoms with Crippen molar-refractivity contribution in [2.45, 2.75) is 58.5 Å². The van der Waals surface area contributed by atoms with E-state index in [4.69, 9.17) is 4.74 Å². The van der Waals surface area contributed by atoms with Crippen LogP contribution in [0.25, 0.3) is 0 Å². The summed E-state index contributed by atoms with van der Waals surface area (Å²) < 4.78 is 5.55. The van der Waals surface area contributed by atoms with E-state index in [1.54, 1.807) is 0 Å². The van der Waals surface area contributed by atoms with Gasteiger partial charge in [-0.25, -0.2) is 0 Å². The molecule has 0 radical (unpaired) electrons. The molecule has 0 aromatic carbocycles. The van der Waals surface area contributed by atoms with Gasteiger partial charge in [-0.15, -0.1) is 0 Å². The van der Waals surface area contributed by atoms with E-state index in [1.165, 1.54) is 32.4 Å². The fourth-order valence-electron chi connectivity index (χ4n) is 3.33. The molecule has 1 N–H and O–H groups in total. The zero-order valence-electron chi connectivity index (χ0n) is 13.2. The molecule has 0 saturated carbocycles. The molecule has 3 nitrogen and oxygen atoms in total. The second-order valence-electron chi connectivity index (χ2n) is 6.86. The Morgan fingerprint density at radius 2 is 2.21 bits per heavy atom. The molecule has 4 atom stereocenters. The highest BCUT2D eigenvalue weighted by Gasteiger charge is 2.38. The predicted molar refractivity (Wildman–Crippen MR) is 80.4 cm³/mol. The van der Waals surface area contributed by atoms with Gasteiger partial charge < -0.3 is 10.1 Å². The Labute approximate surface area is 119 Å². The molecule has 19 heavy (non-hydrogen) atoms. The highest BCUT2D eigenvalue weighted by molar-refractivity contribution is 4.97. The molecule has 4 unspecified atom stereocenters. The number of hydrogen-bond acceptors (Lipinski definition) is 3. The van der Waals surface area contributed by atoms with E-state index < -0.39 is 0 Å². The van der Waals surface area contributed by atoms with Gasteiger partial charge in [-0.05, 0) is 31.6 Å². The molecule has 112 valence electrons. The van der Waals surface area contributed by atoms with E-state index in [2.05, 4.69) is 37.9 Å². The summed E-state index contributed by atoms with van der Waals surface area (Å²) in [5.41, 5.74) is 0.326. The molecule has 0 aromatic rings. The number of hydrogen-bond donors (Lipinski definition) is 1. The number of nitrogens with zero attached hydrogens (tertiary/aromatic N) is 1. The minimum Gasteiger partial charge on any atom is -0.381 e. The summed E-state index contributed by atoms with van der Waals surface area (Å²) in [7, 11) is 0. The van der Waals surface area contributed by atoms with Crippen molar-refractivity contribution in [2.75, 3.05) is 32.8 Å². The monoisotopic (exact) mass is 268 g/mol. The Hall–Kier alpha value is -0.120. The third kappa shape index (κ3) is 3.50. The van der Waals surface area contributed by atoms with Crippen LogP contribution in [0.5, 0.6) is 0 Å². The number of rotatable bonds is 5. The average Bonchev–Trinajstić information content (AvgIpc) is 2.93. The van der Waals surface area contributed by atoms with Crippen LogP contribution < -0.4 is 5.32 Å². The molecule has 0 aliphatic carbocycles. The van der Waals surface area contributed by atoms with E-state index in [0.29, 0.717) is 11.6 Å². The standard InChI is InChI=1S/C16H32N2O/c1-5-13(3)15-10-18(9-14-7-8-19-11-14)16(4,6-2)12-17-15/h13-15,17H,5-12H2,1-4H3.